The van der Waals surface area contributed by atoms with E-state index in [2.05, 4.69) is 44.3 Å². The molecule has 2 aromatic carbocycles. The van der Waals surface area contributed by atoms with E-state index in [0.29, 0.717) is 5.17 Å². The maximum atomic E-state index is 5.92. The van der Waals surface area contributed by atoms with Gasteiger partial charge in [0.2, 0.25) is 0 Å². The van der Waals surface area contributed by atoms with Crippen molar-refractivity contribution in [2.45, 2.75) is 52.9 Å². The number of para-hydroxylation sites is 1. The first-order valence-electron chi connectivity index (χ1n) is 8.74. The third kappa shape index (κ3) is 5.34. The van der Waals surface area contributed by atoms with Gasteiger partial charge in [-0.1, -0.05) is 56.5 Å². The third-order valence-electron chi connectivity index (χ3n) is 4.32. The van der Waals surface area contributed by atoms with E-state index in [4.69, 9.17) is 17.0 Å². The van der Waals surface area contributed by atoms with Gasteiger partial charge in [-0.05, 0) is 67.7 Å². The van der Waals surface area contributed by atoms with Gasteiger partial charge in [0, 0.05) is 5.69 Å². The normalized spacial score (nSPS) is 10.5. The van der Waals surface area contributed by atoms with Crippen LogP contribution >= 0.6 is 12.2 Å². The third-order valence-corrected chi connectivity index (χ3v) is 4.50. The van der Waals surface area contributed by atoms with E-state index in [1.807, 2.05) is 24.3 Å². The molecule has 0 unspecified atom stereocenters. The lowest BCUT2D eigenvalue weighted by molar-refractivity contribution is 0.549. The number of nitrogens with one attached hydrogen (secondary N) is 1. The van der Waals surface area contributed by atoms with Gasteiger partial charge < -0.3 is 10.1 Å². The van der Waals surface area contributed by atoms with Crippen LogP contribution in [-0.4, -0.2) is 5.17 Å². The molecule has 0 saturated carbocycles. The van der Waals surface area contributed by atoms with Crippen LogP contribution in [0.25, 0.3) is 0 Å². The van der Waals surface area contributed by atoms with Crippen molar-refractivity contribution >= 4 is 23.1 Å². The molecule has 0 atom stereocenters. The number of aryl methyl sites for hydroxylation is 2. The van der Waals surface area contributed by atoms with Gasteiger partial charge in [-0.2, -0.15) is 0 Å². The second-order valence-electron chi connectivity index (χ2n) is 6.18. The minimum atomic E-state index is 0.393. The number of thiocarbonyl (C=S) groups is 1. The molecular weight excluding hydrogens is 314 g/mol. The summed E-state index contributed by atoms with van der Waals surface area (Å²) in [5.41, 5.74) is 4.65. The fourth-order valence-electron chi connectivity index (χ4n) is 2.67. The Morgan fingerprint density at radius 2 is 1.79 bits per heavy atom. The second kappa shape index (κ2) is 9.43. The molecule has 0 aliphatic carbocycles. The van der Waals surface area contributed by atoms with Crippen molar-refractivity contribution in [2.75, 3.05) is 5.32 Å². The molecule has 1 N–H and O–H groups in total. The largest absolute Gasteiger partial charge is 0.431 e. The minimum absolute atomic E-state index is 0.393. The van der Waals surface area contributed by atoms with Gasteiger partial charge in [-0.15, -0.1) is 0 Å². The number of benzene rings is 2. The molecule has 0 saturated heterocycles. The Morgan fingerprint density at radius 1 is 1.00 bits per heavy atom. The van der Waals surface area contributed by atoms with Gasteiger partial charge in [0.05, 0.1) is 0 Å². The zero-order chi connectivity index (χ0) is 17.4. The second-order valence-corrected chi connectivity index (χ2v) is 6.55. The molecule has 2 rings (SSSR count). The predicted octanol–water partition coefficient (Wildman–Crippen LogP) is 6.20. The van der Waals surface area contributed by atoms with Crippen LogP contribution in [0, 0.1) is 13.8 Å². The molecular formula is C21H27NOS. The zero-order valence-electron chi connectivity index (χ0n) is 14.9. The van der Waals surface area contributed by atoms with E-state index < -0.39 is 0 Å². The molecule has 0 bridgehead atoms. The highest BCUT2D eigenvalue weighted by atomic mass is 32.1. The van der Waals surface area contributed by atoms with Crippen molar-refractivity contribution in [3.8, 4) is 5.75 Å². The van der Waals surface area contributed by atoms with E-state index >= 15 is 0 Å². The number of ether oxygens (including phenoxy) is 1. The lowest BCUT2D eigenvalue weighted by Gasteiger charge is -2.15. The molecule has 0 spiro atoms. The summed E-state index contributed by atoms with van der Waals surface area (Å²) >= 11 is 5.40. The number of unbranched alkanes of at least 4 members (excludes halogenated alkanes) is 3. The Bertz CT molecular complexity index is 681. The first-order chi connectivity index (χ1) is 11.6. The summed E-state index contributed by atoms with van der Waals surface area (Å²) in [6.07, 6.45) is 6.02. The SMILES string of the molecule is CCCCCCc1ccccc1OC(=S)Nc1cccc(C)c1C. The molecule has 0 radical (unpaired) electrons. The van der Waals surface area contributed by atoms with E-state index in [0.717, 1.165) is 17.9 Å². The molecule has 128 valence electrons. The van der Waals surface area contributed by atoms with Gasteiger partial charge in [0.15, 0.2) is 0 Å². The molecule has 0 fully saturated rings. The summed E-state index contributed by atoms with van der Waals surface area (Å²) in [6, 6.07) is 14.3. The van der Waals surface area contributed by atoms with Crippen molar-refractivity contribution in [3.63, 3.8) is 0 Å². The maximum absolute atomic E-state index is 5.92. The topological polar surface area (TPSA) is 21.3 Å². The van der Waals surface area contributed by atoms with Crippen molar-refractivity contribution in [1.82, 2.24) is 0 Å². The van der Waals surface area contributed by atoms with Crippen LogP contribution in [0.15, 0.2) is 42.5 Å². The van der Waals surface area contributed by atoms with Crippen molar-refractivity contribution in [2.24, 2.45) is 0 Å². The van der Waals surface area contributed by atoms with Crippen molar-refractivity contribution in [1.29, 1.82) is 0 Å². The van der Waals surface area contributed by atoms with Gasteiger partial charge in [0.25, 0.3) is 5.17 Å². The molecule has 2 aromatic rings. The Hall–Kier alpha value is -1.87. The summed E-state index contributed by atoms with van der Waals surface area (Å²) in [6.45, 7) is 6.41. The summed E-state index contributed by atoms with van der Waals surface area (Å²) in [4.78, 5) is 0. The highest BCUT2D eigenvalue weighted by Crippen LogP contribution is 2.23. The van der Waals surface area contributed by atoms with E-state index in [1.165, 1.54) is 42.4 Å². The van der Waals surface area contributed by atoms with Gasteiger partial charge >= 0.3 is 0 Å². The highest BCUT2D eigenvalue weighted by molar-refractivity contribution is 7.80. The van der Waals surface area contributed by atoms with Crippen LogP contribution < -0.4 is 10.1 Å². The maximum Gasteiger partial charge on any atom is 0.266 e. The Labute approximate surface area is 151 Å². The van der Waals surface area contributed by atoms with Crippen LogP contribution in [0.4, 0.5) is 5.69 Å². The summed E-state index contributed by atoms with van der Waals surface area (Å²) in [7, 11) is 0. The zero-order valence-corrected chi connectivity index (χ0v) is 15.7. The molecule has 0 aliphatic heterocycles. The lowest BCUT2D eigenvalue weighted by Crippen LogP contribution is -2.18. The molecule has 24 heavy (non-hydrogen) atoms. The number of hydrogen-bond donors (Lipinski definition) is 1. The number of anilines is 1. The van der Waals surface area contributed by atoms with Crippen LogP contribution in [0.5, 0.6) is 5.75 Å². The van der Waals surface area contributed by atoms with Crippen LogP contribution in [0.1, 0.15) is 49.3 Å². The molecule has 0 heterocycles. The molecule has 0 aromatic heterocycles. The molecule has 2 nitrogen and oxygen atoms in total. The van der Waals surface area contributed by atoms with Gasteiger partial charge in [-0.25, -0.2) is 0 Å². The van der Waals surface area contributed by atoms with Gasteiger partial charge in [-0.3, -0.25) is 0 Å². The standard InChI is InChI=1S/C21H27NOS/c1-4-5-6-7-12-18-13-8-9-15-20(18)23-21(24)22-19-14-10-11-16(2)17(19)3/h8-11,13-15H,4-7,12H2,1-3H3,(H,22,24). The summed E-state index contributed by atoms with van der Waals surface area (Å²) < 4.78 is 5.92. The van der Waals surface area contributed by atoms with Crippen molar-refractivity contribution < 1.29 is 4.74 Å². The Morgan fingerprint density at radius 3 is 2.58 bits per heavy atom. The lowest BCUT2D eigenvalue weighted by atomic mass is 10.1. The Kier molecular flexibility index (Phi) is 7.26. The van der Waals surface area contributed by atoms with Crippen molar-refractivity contribution in [3.05, 3.63) is 59.2 Å². The number of rotatable bonds is 7. The van der Waals surface area contributed by atoms with Crippen LogP contribution in [-0.2, 0) is 6.42 Å². The monoisotopic (exact) mass is 341 g/mol. The smallest absolute Gasteiger partial charge is 0.266 e. The molecule has 0 aliphatic rings. The highest BCUT2D eigenvalue weighted by Gasteiger charge is 2.08. The minimum Gasteiger partial charge on any atom is -0.431 e. The van der Waals surface area contributed by atoms with Gasteiger partial charge in [0.1, 0.15) is 5.75 Å². The predicted molar refractivity (Wildman–Crippen MR) is 107 cm³/mol. The average molecular weight is 342 g/mol. The summed E-state index contributed by atoms with van der Waals surface area (Å²) in [5, 5.41) is 3.61. The fraction of sp³-hybridized carbons (Fsp3) is 0.381. The first kappa shape index (κ1) is 18.5. The fourth-order valence-corrected chi connectivity index (χ4v) is 2.87. The Balaban J connectivity index is 1.99. The van der Waals surface area contributed by atoms with E-state index in [9.17, 15) is 0 Å². The van der Waals surface area contributed by atoms with Crippen LogP contribution in [0.2, 0.25) is 0 Å². The van der Waals surface area contributed by atoms with E-state index in [1.54, 1.807) is 0 Å². The molecule has 0 amide bonds. The van der Waals surface area contributed by atoms with E-state index in [-0.39, 0.29) is 0 Å². The molecule has 3 heteroatoms. The first-order valence-corrected chi connectivity index (χ1v) is 9.15. The quantitative estimate of drug-likeness (QED) is 0.478. The average Bonchev–Trinajstić information content (AvgIpc) is 2.57. The number of hydrogen-bond acceptors (Lipinski definition) is 2. The summed E-state index contributed by atoms with van der Waals surface area (Å²) in [5.74, 6) is 0.858. The van der Waals surface area contributed by atoms with Crippen LogP contribution in [0.3, 0.4) is 0 Å².